The summed E-state index contributed by atoms with van der Waals surface area (Å²) in [6.45, 7) is 7.70. The highest BCUT2D eigenvalue weighted by molar-refractivity contribution is 5.70. The number of nitrogens with zero attached hydrogens (tertiary/aromatic N) is 1. The van der Waals surface area contributed by atoms with Gasteiger partial charge < -0.3 is 5.11 Å². The molecule has 0 spiro atoms. The summed E-state index contributed by atoms with van der Waals surface area (Å²) in [4.78, 5) is 13.4. The van der Waals surface area contributed by atoms with Crippen molar-refractivity contribution in [1.29, 1.82) is 0 Å². The number of aliphatic carboxylic acids is 1. The van der Waals surface area contributed by atoms with Gasteiger partial charge in [0.1, 0.15) is 0 Å². The zero-order valence-corrected chi connectivity index (χ0v) is 11.8. The number of hydrogen-bond donors (Lipinski definition) is 1. The van der Waals surface area contributed by atoms with Crippen molar-refractivity contribution in [2.24, 2.45) is 11.8 Å². The zero-order chi connectivity index (χ0) is 13.8. The van der Waals surface area contributed by atoms with Crippen LogP contribution in [0.25, 0.3) is 0 Å². The maximum Gasteiger partial charge on any atom is 0.307 e. The predicted molar refractivity (Wildman–Crippen MR) is 76.0 cm³/mol. The molecule has 1 N–H and O–H groups in total. The van der Waals surface area contributed by atoms with E-state index in [9.17, 15) is 4.79 Å². The van der Waals surface area contributed by atoms with Crippen molar-refractivity contribution in [3.8, 4) is 0 Å². The molecule has 2 atom stereocenters. The molecule has 1 aromatic carbocycles. The van der Waals surface area contributed by atoms with E-state index in [1.807, 2.05) is 18.2 Å². The van der Waals surface area contributed by atoms with E-state index in [1.54, 1.807) is 0 Å². The predicted octanol–water partition coefficient (Wildman–Crippen LogP) is 2.79. The molecule has 1 aliphatic heterocycles. The van der Waals surface area contributed by atoms with Crippen LogP contribution >= 0.6 is 0 Å². The lowest BCUT2D eigenvalue weighted by molar-refractivity contribution is -0.136. The van der Waals surface area contributed by atoms with Gasteiger partial charge in [0.15, 0.2) is 0 Å². The van der Waals surface area contributed by atoms with Gasteiger partial charge in [-0.3, -0.25) is 9.69 Å². The second-order valence-electron chi connectivity index (χ2n) is 5.98. The molecular weight excluding hydrogens is 238 g/mol. The number of hydrogen-bond acceptors (Lipinski definition) is 2. The number of carboxylic acids is 1. The molecule has 0 aliphatic carbocycles. The first-order valence-corrected chi connectivity index (χ1v) is 7.05. The van der Waals surface area contributed by atoms with Crippen LogP contribution in [0.2, 0.25) is 0 Å². The normalized spacial score (nSPS) is 24.3. The Hall–Kier alpha value is -1.35. The van der Waals surface area contributed by atoms with Crippen molar-refractivity contribution >= 4 is 5.97 Å². The topological polar surface area (TPSA) is 40.5 Å². The van der Waals surface area contributed by atoms with E-state index < -0.39 is 5.97 Å². The zero-order valence-electron chi connectivity index (χ0n) is 11.8. The monoisotopic (exact) mass is 261 g/mol. The van der Waals surface area contributed by atoms with Gasteiger partial charge in [0.25, 0.3) is 0 Å². The minimum atomic E-state index is -0.757. The van der Waals surface area contributed by atoms with Crippen molar-refractivity contribution < 1.29 is 9.90 Å². The first-order valence-electron chi connectivity index (χ1n) is 7.05. The Morgan fingerprint density at radius 2 is 1.79 bits per heavy atom. The highest BCUT2D eigenvalue weighted by Crippen LogP contribution is 2.23. The Kier molecular flexibility index (Phi) is 4.59. The smallest absolute Gasteiger partial charge is 0.307 e. The molecule has 0 bridgehead atoms. The molecule has 0 aromatic heterocycles. The average molecular weight is 261 g/mol. The molecule has 0 saturated carbocycles. The molecule has 2 rings (SSSR count). The van der Waals surface area contributed by atoms with E-state index in [0.29, 0.717) is 0 Å². The Balaban J connectivity index is 2.07. The molecule has 0 amide bonds. The van der Waals surface area contributed by atoms with E-state index in [-0.39, 0.29) is 6.42 Å². The molecule has 1 fully saturated rings. The van der Waals surface area contributed by atoms with Gasteiger partial charge in [-0.2, -0.15) is 0 Å². The van der Waals surface area contributed by atoms with Crippen LogP contribution in [-0.2, 0) is 17.8 Å². The van der Waals surface area contributed by atoms with E-state index in [2.05, 4.69) is 24.8 Å². The minimum Gasteiger partial charge on any atom is -0.481 e. The summed E-state index contributed by atoms with van der Waals surface area (Å²) < 4.78 is 0. The molecule has 104 valence electrons. The van der Waals surface area contributed by atoms with Gasteiger partial charge in [0.05, 0.1) is 6.42 Å². The van der Waals surface area contributed by atoms with Crippen molar-refractivity contribution in [3.63, 3.8) is 0 Å². The lowest BCUT2D eigenvalue weighted by atomic mass is 9.91. The van der Waals surface area contributed by atoms with Gasteiger partial charge in [-0.25, -0.2) is 0 Å². The highest BCUT2D eigenvalue weighted by atomic mass is 16.4. The summed E-state index contributed by atoms with van der Waals surface area (Å²) in [6.07, 6.45) is 1.42. The van der Waals surface area contributed by atoms with Crippen LogP contribution in [0.1, 0.15) is 31.4 Å². The van der Waals surface area contributed by atoms with Gasteiger partial charge in [-0.05, 0) is 29.4 Å². The summed E-state index contributed by atoms with van der Waals surface area (Å²) in [7, 11) is 0. The van der Waals surface area contributed by atoms with Crippen molar-refractivity contribution in [1.82, 2.24) is 4.90 Å². The van der Waals surface area contributed by atoms with Crippen molar-refractivity contribution in [2.45, 2.75) is 33.2 Å². The SMILES string of the molecule is CC1CC(C)CN(Cc2ccccc2CC(=O)O)C1. The van der Waals surface area contributed by atoms with Gasteiger partial charge >= 0.3 is 5.97 Å². The Bertz CT molecular complexity index is 434. The summed E-state index contributed by atoms with van der Waals surface area (Å²) in [5, 5.41) is 8.97. The molecule has 1 aliphatic rings. The molecule has 3 nitrogen and oxygen atoms in total. The van der Waals surface area contributed by atoms with Crippen LogP contribution in [0.4, 0.5) is 0 Å². The number of likely N-dealkylation sites (tertiary alicyclic amines) is 1. The Morgan fingerprint density at radius 1 is 1.21 bits per heavy atom. The maximum atomic E-state index is 10.9. The summed E-state index contributed by atoms with van der Waals surface area (Å²) in [6, 6.07) is 7.91. The molecule has 3 heteroatoms. The second-order valence-corrected chi connectivity index (χ2v) is 5.98. The largest absolute Gasteiger partial charge is 0.481 e. The van der Waals surface area contributed by atoms with Crippen LogP contribution in [0.5, 0.6) is 0 Å². The fourth-order valence-corrected chi connectivity index (χ4v) is 3.21. The summed E-state index contributed by atoms with van der Waals surface area (Å²) in [5.41, 5.74) is 2.10. The number of carboxylic acid groups (broad SMARTS) is 1. The maximum absolute atomic E-state index is 10.9. The number of piperidine rings is 1. The number of benzene rings is 1. The van der Waals surface area contributed by atoms with Crippen LogP contribution in [0.3, 0.4) is 0 Å². The number of rotatable bonds is 4. The van der Waals surface area contributed by atoms with E-state index >= 15 is 0 Å². The van der Waals surface area contributed by atoms with Crippen LogP contribution in [0.15, 0.2) is 24.3 Å². The van der Waals surface area contributed by atoms with Crippen LogP contribution in [-0.4, -0.2) is 29.1 Å². The quantitative estimate of drug-likeness (QED) is 0.906. The summed E-state index contributed by atoms with van der Waals surface area (Å²) in [5.74, 6) is 0.707. The molecule has 2 unspecified atom stereocenters. The average Bonchev–Trinajstić information content (AvgIpc) is 2.29. The molecule has 1 heterocycles. The van der Waals surface area contributed by atoms with Gasteiger partial charge in [0, 0.05) is 19.6 Å². The summed E-state index contributed by atoms with van der Waals surface area (Å²) >= 11 is 0. The van der Waals surface area contributed by atoms with Crippen molar-refractivity contribution in [3.05, 3.63) is 35.4 Å². The molecule has 1 saturated heterocycles. The first-order chi connectivity index (χ1) is 9.04. The van der Waals surface area contributed by atoms with E-state index in [0.717, 1.165) is 42.6 Å². The molecule has 0 radical (unpaired) electrons. The fourth-order valence-electron chi connectivity index (χ4n) is 3.21. The minimum absolute atomic E-state index is 0.120. The lowest BCUT2D eigenvalue weighted by Gasteiger charge is -2.35. The van der Waals surface area contributed by atoms with Gasteiger partial charge in [0.2, 0.25) is 0 Å². The second kappa shape index (κ2) is 6.20. The fraction of sp³-hybridized carbons (Fsp3) is 0.562. The van der Waals surface area contributed by atoms with Gasteiger partial charge in [-0.15, -0.1) is 0 Å². The lowest BCUT2D eigenvalue weighted by Crippen LogP contribution is -2.38. The first kappa shape index (κ1) is 14.1. The van der Waals surface area contributed by atoms with E-state index in [4.69, 9.17) is 5.11 Å². The third kappa shape index (κ3) is 4.06. The highest BCUT2D eigenvalue weighted by Gasteiger charge is 2.22. The standard InChI is InChI=1S/C16H23NO2/c1-12-7-13(2)10-17(9-12)11-15-6-4-3-5-14(15)8-16(18)19/h3-6,12-13H,7-11H2,1-2H3,(H,18,19). The van der Waals surface area contributed by atoms with Crippen LogP contribution in [0, 0.1) is 11.8 Å². The van der Waals surface area contributed by atoms with Crippen molar-refractivity contribution in [2.75, 3.05) is 13.1 Å². The Morgan fingerprint density at radius 3 is 2.37 bits per heavy atom. The van der Waals surface area contributed by atoms with Crippen LogP contribution < -0.4 is 0 Å². The molecule has 1 aromatic rings. The third-order valence-corrected chi connectivity index (χ3v) is 3.80. The number of carbonyl (C=O) groups is 1. The third-order valence-electron chi connectivity index (χ3n) is 3.80. The van der Waals surface area contributed by atoms with E-state index in [1.165, 1.54) is 6.42 Å². The van der Waals surface area contributed by atoms with Gasteiger partial charge in [-0.1, -0.05) is 38.1 Å². The molecule has 19 heavy (non-hydrogen) atoms. The Labute approximate surface area is 115 Å². The molecular formula is C16H23NO2.